The van der Waals surface area contributed by atoms with E-state index in [0.29, 0.717) is 6.04 Å². The molecule has 1 N–H and O–H groups in total. The lowest BCUT2D eigenvalue weighted by Gasteiger charge is -2.21. The molecule has 12 heavy (non-hydrogen) atoms. The molecule has 3 heteroatoms. The highest BCUT2D eigenvalue weighted by Gasteiger charge is 2.07. The number of nitrogens with zero attached hydrogens (tertiary/aromatic N) is 2. The summed E-state index contributed by atoms with van der Waals surface area (Å²) in [4.78, 5) is 2.14. The zero-order chi connectivity index (χ0) is 9.56. The molecule has 0 fully saturated rings. The third kappa shape index (κ3) is 4.32. The van der Waals surface area contributed by atoms with Gasteiger partial charge in [-0.05, 0) is 27.4 Å². The van der Waals surface area contributed by atoms with Gasteiger partial charge < -0.3 is 10.2 Å². The fourth-order valence-electron chi connectivity index (χ4n) is 0.777. The quantitative estimate of drug-likeness (QED) is 0.662. The van der Waals surface area contributed by atoms with E-state index in [9.17, 15) is 0 Å². The molecule has 3 nitrogen and oxygen atoms in total. The summed E-state index contributed by atoms with van der Waals surface area (Å²) in [6.45, 7) is 5.03. The van der Waals surface area contributed by atoms with E-state index in [1.165, 1.54) is 0 Å². The molecule has 0 aromatic rings. The number of hydrogen-bond donors (Lipinski definition) is 1. The smallest absolute Gasteiger partial charge is 0.0950 e. The average Bonchev–Trinajstić information content (AvgIpc) is 2.05. The summed E-state index contributed by atoms with van der Waals surface area (Å²) in [5, 5.41) is 11.8. The standard InChI is InChI=1S/C9H19N3/c1-5-9(6-10)11-7-8(2)12(3)4/h8-9,11H,5,7H2,1-4H3. The summed E-state index contributed by atoms with van der Waals surface area (Å²) in [7, 11) is 4.08. The molecular weight excluding hydrogens is 150 g/mol. The molecule has 2 unspecified atom stereocenters. The largest absolute Gasteiger partial charge is 0.305 e. The van der Waals surface area contributed by atoms with Crippen molar-refractivity contribution in [2.75, 3.05) is 20.6 Å². The van der Waals surface area contributed by atoms with Crippen LogP contribution in [-0.4, -0.2) is 37.6 Å². The molecule has 0 heterocycles. The van der Waals surface area contributed by atoms with Gasteiger partial charge >= 0.3 is 0 Å². The number of likely N-dealkylation sites (N-methyl/N-ethyl adjacent to an activating group) is 1. The Kier molecular flexibility index (Phi) is 5.69. The summed E-state index contributed by atoms with van der Waals surface area (Å²) >= 11 is 0. The van der Waals surface area contributed by atoms with E-state index >= 15 is 0 Å². The summed E-state index contributed by atoms with van der Waals surface area (Å²) in [6.07, 6.45) is 0.872. The maximum atomic E-state index is 8.65. The molecule has 0 rings (SSSR count). The first-order valence-corrected chi connectivity index (χ1v) is 4.41. The van der Waals surface area contributed by atoms with Gasteiger partial charge in [-0.3, -0.25) is 0 Å². The first-order chi connectivity index (χ1) is 5.61. The second-order valence-corrected chi connectivity index (χ2v) is 3.31. The van der Waals surface area contributed by atoms with Gasteiger partial charge in [-0.1, -0.05) is 6.92 Å². The monoisotopic (exact) mass is 169 g/mol. The van der Waals surface area contributed by atoms with Crippen molar-refractivity contribution < 1.29 is 0 Å². The van der Waals surface area contributed by atoms with Crippen LogP contribution in [0, 0.1) is 11.3 Å². The van der Waals surface area contributed by atoms with Crippen LogP contribution in [0.15, 0.2) is 0 Å². The lowest BCUT2D eigenvalue weighted by molar-refractivity contribution is 0.298. The third-order valence-electron chi connectivity index (χ3n) is 2.11. The van der Waals surface area contributed by atoms with E-state index < -0.39 is 0 Å². The van der Waals surface area contributed by atoms with Crippen molar-refractivity contribution in [1.29, 1.82) is 5.26 Å². The number of rotatable bonds is 5. The molecule has 0 aromatic carbocycles. The van der Waals surface area contributed by atoms with Gasteiger partial charge in [0.2, 0.25) is 0 Å². The Balaban J connectivity index is 3.60. The molecule has 0 saturated heterocycles. The van der Waals surface area contributed by atoms with E-state index in [1.54, 1.807) is 0 Å². The van der Waals surface area contributed by atoms with Crippen molar-refractivity contribution in [2.24, 2.45) is 0 Å². The highest BCUT2D eigenvalue weighted by molar-refractivity contribution is 4.88. The minimum Gasteiger partial charge on any atom is -0.305 e. The number of nitrogens with one attached hydrogen (secondary N) is 1. The van der Waals surface area contributed by atoms with Gasteiger partial charge in [0.15, 0.2) is 0 Å². The average molecular weight is 169 g/mol. The molecule has 0 bridgehead atoms. The molecule has 2 atom stereocenters. The molecule has 0 spiro atoms. The summed E-state index contributed by atoms with van der Waals surface area (Å²) in [6, 6.07) is 2.70. The van der Waals surface area contributed by atoms with Crippen molar-refractivity contribution in [1.82, 2.24) is 10.2 Å². The maximum absolute atomic E-state index is 8.65. The molecule has 0 aliphatic rings. The van der Waals surface area contributed by atoms with Crippen LogP contribution in [0.5, 0.6) is 0 Å². The Labute approximate surface area is 75.4 Å². The highest BCUT2D eigenvalue weighted by Crippen LogP contribution is 1.92. The highest BCUT2D eigenvalue weighted by atomic mass is 15.1. The Bertz CT molecular complexity index is 148. The summed E-state index contributed by atoms with van der Waals surface area (Å²) in [5.41, 5.74) is 0. The molecule has 0 saturated carbocycles. The van der Waals surface area contributed by atoms with Gasteiger partial charge in [0.1, 0.15) is 0 Å². The Hall–Kier alpha value is -0.590. The SMILES string of the molecule is CCC(C#N)NCC(C)N(C)C. The molecule has 0 aliphatic heterocycles. The van der Waals surface area contributed by atoms with Gasteiger partial charge in [0.05, 0.1) is 12.1 Å². The first-order valence-electron chi connectivity index (χ1n) is 4.41. The van der Waals surface area contributed by atoms with Crippen LogP contribution < -0.4 is 5.32 Å². The van der Waals surface area contributed by atoms with E-state index in [4.69, 9.17) is 5.26 Å². The Morgan fingerprint density at radius 2 is 2.08 bits per heavy atom. The lowest BCUT2D eigenvalue weighted by atomic mass is 10.2. The topological polar surface area (TPSA) is 39.1 Å². The van der Waals surface area contributed by atoms with Crippen LogP contribution >= 0.6 is 0 Å². The van der Waals surface area contributed by atoms with Gasteiger partial charge in [-0.15, -0.1) is 0 Å². The van der Waals surface area contributed by atoms with Crippen LogP contribution in [0.4, 0.5) is 0 Å². The van der Waals surface area contributed by atoms with Crippen LogP contribution in [-0.2, 0) is 0 Å². The first kappa shape index (κ1) is 11.4. The minimum atomic E-state index is 0.00685. The summed E-state index contributed by atoms with van der Waals surface area (Å²) in [5.74, 6) is 0. The van der Waals surface area contributed by atoms with Crippen LogP contribution in [0.2, 0.25) is 0 Å². The minimum absolute atomic E-state index is 0.00685. The Morgan fingerprint density at radius 3 is 2.42 bits per heavy atom. The molecule has 0 aliphatic carbocycles. The van der Waals surface area contributed by atoms with Gasteiger partial charge in [0.25, 0.3) is 0 Å². The predicted molar refractivity (Wildman–Crippen MR) is 50.8 cm³/mol. The van der Waals surface area contributed by atoms with Crippen molar-refractivity contribution in [3.63, 3.8) is 0 Å². The normalized spacial score (nSPS) is 15.7. The molecule has 0 aromatic heterocycles. The summed E-state index contributed by atoms with van der Waals surface area (Å²) < 4.78 is 0. The maximum Gasteiger partial charge on any atom is 0.0950 e. The second-order valence-electron chi connectivity index (χ2n) is 3.31. The third-order valence-corrected chi connectivity index (χ3v) is 2.11. The van der Waals surface area contributed by atoms with E-state index in [2.05, 4.69) is 23.2 Å². The van der Waals surface area contributed by atoms with Gasteiger partial charge in [0, 0.05) is 12.6 Å². The number of hydrogen-bond acceptors (Lipinski definition) is 3. The zero-order valence-electron chi connectivity index (χ0n) is 8.46. The van der Waals surface area contributed by atoms with Crippen molar-refractivity contribution >= 4 is 0 Å². The molecule has 0 amide bonds. The van der Waals surface area contributed by atoms with Crippen molar-refractivity contribution in [3.05, 3.63) is 0 Å². The number of nitriles is 1. The van der Waals surface area contributed by atoms with Crippen LogP contribution in [0.25, 0.3) is 0 Å². The molecular formula is C9H19N3. The van der Waals surface area contributed by atoms with E-state index in [1.807, 2.05) is 21.0 Å². The predicted octanol–water partition coefficient (Wildman–Crippen LogP) is 0.828. The van der Waals surface area contributed by atoms with Gasteiger partial charge in [-0.25, -0.2) is 0 Å². The van der Waals surface area contributed by atoms with Crippen molar-refractivity contribution in [3.8, 4) is 6.07 Å². The van der Waals surface area contributed by atoms with E-state index in [-0.39, 0.29) is 6.04 Å². The van der Waals surface area contributed by atoms with Gasteiger partial charge in [-0.2, -0.15) is 5.26 Å². The zero-order valence-corrected chi connectivity index (χ0v) is 8.46. The molecule has 0 radical (unpaired) electrons. The van der Waals surface area contributed by atoms with Crippen LogP contribution in [0.1, 0.15) is 20.3 Å². The lowest BCUT2D eigenvalue weighted by Crippen LogP contribution is -2.39. The van der Waals surface area contributed by atoms with Crippen LogP contribution in [0.3, 0.4) is 0 Å². The fourth-order valence-corrected chi connectivity index (χ4v) is 0.777. The fraction of sp³-hybridized carbons (Fsp3) is 0.889. The molecule has 70 valence electrons. The Morgan fingerprint density at radius 1 is 1.50 bits per heavy atom. The van der Waals surface area contributed by atoms with Crippen molar-refractivity contribution in [2.45, 2.75) is 32.4 Å². The van der Waals surface area contributed by atoms with E-state index in [0.717, 1.165) is 13.0 Å². The second kappa shape index (κ2) is 5.99.